The smallest absolute Gasteiger partial charge is 0.306 e. The van der Waals surface area contributed by atoms with Crippen molar-refractivity contribution in [1.29, 1.82) is 0 Å². The van der Waals surface area contributed by atoms with Gasteiger partial charge in [-0.3, -0.25) is 14.4 Å². The van der Waals surface area contributed by atoms with E-state index in [0.717, 1.165) is 96.3 Å². The summed E-state index contributed by atoms with van der Waals surface area (Å²) in [5, 5.41) is 0. The van der Waals surface area contributed by atoms with Gasteiger partial charge in [-0.05, 0) is 64.2 Å². The highest BCUT2D eigenvalue weighted by Crippen LogP contribution is 2.14. The minimum absolute atomic E-state index is 0.0757. The molecule has 58 heavy (non-hydrogen) atoms. The van der Waals surface area contributed by atoms with E-state index in [1.54, 1.807) is 0 Å². The molecular weight excluding hydrogens is 721 g/mol. The fourth-order valence-electron chi connectivity index (χ4n) is 6.64. The second kappa shape index (κ2) is 46.8. The van der Waals surface area contributed by atoms with Crippen LogP contribution >= 0.6 is 0 Å². The summed E-state index contributed by atoms with van der Waals surface area (Å²) in [6, 6.07) is 0. The van der Waals surface area contributed by atoms with Gasteiger partial charge in [0.1, 0.15) is 13.2 Å². The largest absolute Gasteiger partial charge is 0.462 e. The van der Waals surface area contributed by atoms with Gasteiger partial charge in [0.05, 0.1) is 0 Å². The molecule has 0 fully saturated rings. The Balaban J connectivity index is 4.20. The molecule has 1 unspecified atom stereocenters. The van der Waals surface area contributed by atoms with E-state index in [4.69, 9.17) is 14.2 Å². The molecule has 0 spiro atoms. The molecule has 0 aliphatic rings. The maximum Gasteiger partial charge on any atom is 0.306 e. The molecule has 0 bridgehead atoms. The third-order valence-corrected chi connectivity index (χ3v) is 10.3. The minimum Gasteiger partial charge on any atom is -0.462 e. The Hall–Kier alpha value is -2.89. The van der Waals surface area contributed by atoms with Crippen LogP contribution in [0.1, 0.15) is 233 Å². The Morgan fingerprint density at radius 3 is 1.05 bits per heavy atom. The summed E-state index contributed by atoms with van der Waals surface area (Å²) in [5.41, 5.74) is 0. The third-order valence-electron chi connectivity index (χ3n) is 10.3. The number of hydrogen-bond donors (Lipinski definition) is 0. The molecule has 0 aromatic rings. The van der Waals surface area contributed by atoms with E-state index in [2.05, 4.69) is 81.5 Å². The van der Waals surface area contributed by atoms with Crippen molar-refractivity contribution in [3.05, 3.63) is 60.8 Å². The molecule has 6 nitrogen and oxygen atoms in total. The monoisotopic (exact) mass is 811 g/mol. The summed E-state index contributed by atoms with van der Waals surface area (Å²) in [4.78, 5) is 37.6. The zero-order chi connectivity index (χ0) is 42.3. The summed E-state index contributed by atoms with van der Waals surface area (Å²) in [6.45, 7) is 6.46. The van der Waals surface area contributed by atoms with E-state index in [-0.39, 0.29) is 31.1 Å². The number of unbranched alkanes of at least 4 members (excludes halogenated alkanes) is 22. The highest BCUT2D eigenvalue weighted by molar-refractivity contribution is 5.71. The molecule has 0 aliphatic heterocycles. The highest BCUT2D eigenvalue weighted by atomic mass is 16.6. The van der Waals surface area contributed by atoms with E-state index >= 15 is 0 Å². The van der Waals surface area contributed by atoms with Crippen molar-refractivity contribution in [2.45, 2.75) is 239 Å². The lowest BCUT2D eigenvalue weighted by Crippen LogP contribution is -2.30. The van der Waals surface area contributed by atoms with E-state index < -0.39 is 6.10 Å². The normalized spacial score (nSPS) is 12.5. The molecule has 0 aromatic carbocycles. The van der Waals surface area contributed by atoms with Gasteiger partial charge in [0.15, 0.2) is 6.10 Å². The van der Waals surface area contributed by atoms with Gasteiger partial charge in [0.25, 0.3) is 0 Å². The first-order valence-electron chi connectivity index (χ1n) is 24.3. The first-order chi connectivity index (χ1) is 28.5. The Morgan fingerprint density at radius 2 is 0.672 bits per heavy atom. The molecule has 0 aliphatic carbocycles. The summed E-state index contributed by atoms with van der Waals surface area (Å²) in [5.74, 6) is -0.894. The Morgan fingerprint density at radius 1 is 0.362 bits per heavy atom. The van der Waals surface area contributed by atoms with Gasteiger partial charge >= 0.3 is 17.9 Å². The number of allylic oxidation sites excluding steroid dienone is 10. The van der Waals surface area contributed by atoms with Gasteiger partial charge in [0, 0.05) is 19.3 Å². The molecule has 0 amide bonds. The lowest BCUT2D eigenvalue weighted by Gasteiger charge is -2.18. The first kappa shape index (κ1) is 55.1. The molecule has 0 radical (unpaired) electrons. The van der Waals surface area contributed by atoms with Crippen molar-refractivity contribution < 1.29 is 28.6 Å². The van der Waals surface area contributed by atoms with Crippen molar-refractivity contribution in [1.82, 2.24) is 0 Å². The zero-order valence-corrected chi connectivity index (χ0v) is 38.0. The molecule has 0 heterocycles. The number of hydrogen-bond acceptors (Lipinski definition) is 6. The van der Waals surface area contributed by atoms with Crippen molar-refractivity contribution in [2.75, 3.05) is 13.2 Å². The Labute approximate surface area is 358 Å². The topological polar surface area (TPSA) is 78.9 Å². The lowest BCUT2D eigenvalue weighted by molar-refractivity contribution is -0.167. The average molecular weight is 811 g/mol. The maximum absolute atomic E-state index is 12.7. The van der Waals surface area contributed by atoms with Crippen molar-refractivity contribution in [3.63, 3.8) is 0 Å². The predicted octanol–water partition coefficient (Wildman–Crippen LogP) is 15.7. The van der Waals surface area contributed by atoms with Crippen LogP contribution in [0, 0.1) is 0 Å². The predicted molar refractivity (Wildman–Crippen MR) is 247 cm³/mol. The third kappa shape index (κ3) is 44.2. The standard InChI is InChI=1S/C52H90O6/c1-4-7-10-13-16-19-20-21-22-23-24-25-26-27-28-29-30-31-32-34-36-39-42-45-51(54)57-48-49(47-56-50(53)44-41-38-35-18-15-12-9-6-3)58-52(55)46-43-40-37-33-17-14-11-8-5-2/h7,10,16,19,21-22,24-25,27-28,49H,4-6,8-9,11-15,17-18,20,23,26,29-48H2,1-3H3/b10-7-,19-16-,22-21-,25-24-,28-27-. The van der Waals surface area contributed by atoms with Crippen LogP contribution in [0.3, 0.4) is 0 Å². The van der Waals surface area contributed by atoms with E-state index in [9.17, 15) is 14.4 Å². The van der Waals surface area contributed by atoms with Crippen LogP contribution in [0.2, 0.25) is 0 Å². The summed E-state index contributed by atoms with van der Waals surface area (Å²) in [7, 11) is 0. The molecule has 0 rings (SSSR count). The number of ether oxygens (including phenoxy) is 3. The fraction of sp³-hybridized carbons (Fsp3) is 0.750. The van der Waals surface area contributed by atoms with E-state index in [0.29, 0.717) is 19.3 Å². The lowest BCUT2D eigenvalue weighted by atomic mass is 10.1. The maximum atomic E-state index is 12.7. The van der Waals surface area contributed by atoms with Crippen LogP contribution in [-0.4, -0.2) is 37.2 Å². The number of rotatable bonds is 43. The van der Waals surface area contributed by atoms with Gasteiger partial charge in [-0.2, -0.15) is 0 Å². The number of carbonyl (C=O) groups is 3. The molecule has 6 heteroatoms. The molecule has 0 aromatic heterocycles. The SMILES string of the molecule is CC/C=C\C/C=C\C/C=C\C/C=C\C/C=C\CCCCCCCCCC(=O)OCC(COC(=O)CCCCCCCCCC)OC(=O)CCCCCCCCCCC. The van der Waals surface area contributed by atoms with Gasteiger partial charge < -0.3 is 14.2 Å². The second-order valence-corrected chi connectivity index (χ2v) is 16.0. The first-order valence-corrected chi connectivity index (χ1v) is 24.3. The van der Waals surface area contributed by atoms with Gasteiger partial charge in [-0.15, -0.1) is 0 Å². The van der Waals surface area contributed by atoms with Crippen molar-refractivity contribution in [3.8, 4) is 0 Å². The quantitative estimate of drug-likeness (QED) is 0.0264. The van der Waals surface area contributed by atoms with Crippen LogP contribution in [0.25, 0.3) is 0 Å². The molecular formula is C52H90O6. The van der Waals surface area contributed by atoms with Crippen LogP contribution in [0.5, 0.6) is 0 Å². The number of carbonyl (C=O) groups excluding carboxylic acids is 3. The zero-order valence-electron chi connectivity index (χ0n) is 38.0. The van der Waals surface area contributed by atoms with Crippen LogP contribution in [-0.2, 0) is 28.6 Å². The van der Waals surface area contributed by atoms with Crippen LogP contribution in [0.15, 0.2) is 60.8 Å². The molecule has 0 N–H and O–H groups in total. The number of esters is 3. The Kier molecular flexibility index (Phi) is 44.5. The summed E-state index contributed by atoms with van der Waals surface area (Å²) < 4.78 is 16.7. The van der Waals surface area contributed by atoms with E-state index in [1.165, 1.54) is 96.3 Å². The second-order valence-electron chi connectivity index (χ2n) is 16.0. The van der Waals surface area contributed by atoms with Crippen LogP contribution < -0.4 is 0 Å². The van der Waals surface area contributed by atoms with Gasteiger partial charge in [-0.1, -0.05) is 210 Å². The van der Waals surface area contributed by atoms with Crippen molar-refractivity contribution >= 4 is 17.9 Å². The van der Waals surface area contributed by atoms with E-state index in [1.807, 2.05) is 0 Å². The minimum atomic E-state index is -0.771. The average Bonchev–Trinajstić information content (AvgIpc) is 3.22. The van der Waals surface area contributed by atoms with Crippen LogP contribution in [0.4, 0.5) is 0 Å². The summed E-state index contributed by atoms with van der Waals surface area (Å²) in [6.07, 6.45) is 56.5. The van der Waals surface area contributed by atoms with Crippen molar-refractivity contribution in [2.24, 2.45) is 0 Å². The van der Waals surface area contributed by atoms with Gasteiger partial charge in [0.2, 0.25) is 0 Å². The fourth-order valence-corrected chi connectivity index (χ4v) is 6.64. The molecule has 0 saturated carbocycles. The Bertz CT molecular complexity index is 1070. The molecule has 1 atom stereocenters. The molecule has 0 saturated heterocycles. The molecule has 334 valence electrons. The highest BCUT2D eigenvalue weighted by Gasteiger charge is 2.19. The van der Waals surface area contributed by atoms with Gasteiger partial charge in [-0.25, -0.2) is 0 Å². The summed E-state index contributed by atoms with van der Waals surface area (Å²) >= 11 is 0.